The molecule has 24 heavy (non-hydrogen) atoms. The van der Waals surface area contributed by atoms with Gasteiger partial charge >= 0.3 is 0 Å². The van der Waals surface area contributed by atoms with Crippen molar-refractivity contribution in [1.29, 1.82) is 0 Å². The van der Waals surface area contributed by atoms with Gasteiger partial charge in [0.15, 0.2) is 0 Å². The van der Waals surface area contributed by atoms with Crippen molar-refractivity contribution in [1.82, 2.24) is 9.29 Å². The molecule has 130 valence electrons. The summed E-state index contributed by atoms with van der Waals surface area (Å²) in [6.45, 7) is 7.93. The number of hydrogen-bond acceptors (Lipinski definition) is 3. The van der Waals surface area contributed by atoms with Crippen LogP contribution in [0.4, 0.5) is 4.39 Å². The zero-order valence-electron chi connectivity index (χ0n) is 14.2. The number of aromatic nitrogens is 1. The lowest BCUT2D eigenvalue weighted by Gasteiger charge is -2.10. The zero-order chi connectivity index (χ0) is 18.1. The third kappa shape index (κ3) is 3.84. The van der Waals surface area contributed by atoms with Gasteiger partial charge in [-0.15, -0.1) is 0 Å². The van der Waals surface area contributed by atoms with Gasteiger partial charge in [0.05, 0.1) is 11.3 Å². The summed E-state index contributed by atoms with van der Waals surface area (Å²) in [6, 6.07) is 5.56. The first kappa shape index (κ1) is 18.2. The Bertz CT molecular complexity index is 885. The Balaban J connectivity index is 2.21. The van der Waals surface area contributed by atoms with Gasteiger partial charge in [0.2, 0.25) is 10.0 Å². The number of benzene rings is 1. The summed E-state index contributed by atoms with van der Waals surface area (Å²) in [5.74, 6) is -1.45. The average Bonchev–Trinajstić information content (AvgIpc) is 2.76. The fourth-order valence-corrected chi connectivity index (χ4v) is 3.97. The number of amides is 1. The Labute approximate surface area is 141 Å². The van der Waals surface area contributed by atoms with Gasteiger partial charge in [0, 0.05) is 17.9 Å². The second kappa shape index (κ2) is 6.76. The minimum Gasteiger partial charge on any atom is -0.349 e. The van der Waals surface area contributed by atoms with Gasteiger partial charge < -0.3 is 4.57 Å². The maximum Gasteiger partial charge on any atom is 0.266 e. The van der Waals surface area contributed by atoms with Crippen LogP contribution in [0.3, 0.4) is 0 Å². The number of carbonyl (C=O) groups is 1. The van der Waals surface area contributed by atoms with Crippen molar-refractivity contribution < 1.29 is 17.6 Å². The standard InChI is InChI=1S/C17H21FN2O3S/c1-5-20-12(3)9-16(13(20)4)17(21)19-24(22,23)10-14-6-7-15(18)8-11(14)2/h6-9H,5,10H2,1-4H3,(H,19,21). The second-order valence-electron chi connectivity index (χ2n) is 5.79. The molecule has 1 aromatic carbocycles. The number of aryl methyl sites for hydroxylation is 2. The first-order valence-corrected chi connectivity index (χ1v) is 9.26. The van der Waals surface area contributed by atoms with Crippen LogP contribution in [-0.2, 0) is 22.3 Å². The van der Waals surface area contributed by atoms with Crippen LogP contribution in [0.1, 0.15) is 39.8 Å². The third-order valence-corrected chi connectivity index (χ3v) is 5.22. The van der Waals surface area contributed by atoms with Gasteiger partial charge in [0.1, 0.15) is 5.82 Å². The molecule has 1 heterocycles. The topological polar surface area (TPSA) is 68.2 Å². The lowest BCUT2D eigenvalue weighted by Crippen LogP contribution is -2.32. The highest BCUT2D eigenvalue weighted by Crippen LogP contribution is 2.17. The normalized spacial score (nSPS) is 11.5. The predicted octanol–water partition coefficient (Wildman–Crippen LogP) is 2.83. The van der Waals surface area contributed by atoms with Gasteiger partial charge in [0.25, 0.3) is 5.91 Å². The van der Waals surface area contributed by atoms with Crippen molar-refractivity contribution in [2.75, 3.05) is 0 Å². The Hall–Kier alpha value is -2.15. The van der Waals surface area contributed by atoms with E-state index in [0.29, 0.717) is 23.2 Å². The molecule has 2 rings (SSSR count). The van der Waals surface area contributed by atoms with E-state index in [-0.39, 0.29) is 5.75 Å². The number of nitrogens with one attached hydrogen (secondary N) is 1. The van der Waals surface area contributed by atoms with Crippen LogP contribution in [0.15, 0.2) is 24.3 Å². The number of nitrogens with zero attached hydrogens (tertiary/aromatic N) is 1. The smallest absolute Gasteiger partial charge is 0.266 e. The van der Waals surface area contributed by atoms with E-state index in [1.165, 1.54) is 18.2 Å². The van der Waals surface area contributed by atoms with Crippen LogP contribution in [0.25, 0.3) is 0 Å². The van der Waals surface area contributed by atoms with Crippen LogP contribution >= 0.6 is 0 Å². The minimum atomic E-state index is -3.88. The lowest BCUT2D eigenvalue weighted by atomic mass is 10.1. The number of sulfonamides is 1. The van der Waals surface area contributed by atoms with Crippen molar-refractivity contribution in [2.24, 2.45) is 0 Å². The molecule has 0 saturated heterocycles. The highest BCUT2D eigenvalue weighted by molar-refractivity contribution is 7.89. The predicted molar refractivity (Wildman–Crippen MR) is 90.8 cm³/mol. The summed E-state index contributed by atoms with van der Waals surface area (Å²) in [6.07, 6.45) is 0. The molecular weight excluding hydrogens is 331 g/mol. The minimum absolute atomic E-state index is 0.341. The average molecular weight is 352 g/mol. The zero-order valence-corrected chi connectivity index (χ0v) is 15.0. The molecule has 0 unspecified atom stereocenters. The molecule has 0 bridgehead atoms. The molecule has 0 fully saturated rings. The molecule has 0 spiro atoms. The summed E-state index contributed by atoms with van der Waals surface area (Å²) in [5.41, 5.74) is 2.94. The molecule has 0 saturated carbocycles. The Morgan fingerprint density at radius 3 is 2.42 bits per heavy atom. The summed E-state index contributed by atoms with van der Waals surface area (Å²) in [4.78, 5) is 12.3. The summed E-state index contributed by atoms with van der Waals surface area (Å²) in [7, 11) is -3.88. The van der Waals surface area contributed by atoms with Crippen molar-refractivity contribution in [2.45, 2.75) is 40.0 Å². The van der Waals surface area contributed by atoms with E-state index in [1.54, 1.807) is 19.9 Å². The van der Waals surface area contributed by atoms with Crippen molar-refractivity contribution >= 4 is 15.9 Å². The molecule has 1 amide bonds. The summed E-state index contributed by atoms with van der Waals surface area (Å²) >= 11 is 0. The molecule has 1 aromatic heterocycles. The Kier molecular flexibility index (Phi) is 5.13. The molecular formula is C17H21FN2O3S. The van der Waals surface area contributed by atoms with E-state index in [1.807, 2.05) is 18.4 Å². The summed E-state index contributed by atoms with van der Waals surface area (Å²) < 4.78 is 41.7. The van der Waals surface area contributed by atoms with Gasteiger partial charge in [-0.2, -0.15) is 0 Å². The first-order chi connectivity index (χ1) is 11.1. The van der Waals surface area contributed by atoms with E-state index in [2.05, 4.69) is 4.72 Å². The van der Waals surface area contributed by atoms with Gasteiger partial charge in [-0.05, 0) is 57.0 Å². The summed E-state index contributed by atoms with van der Waals surface area (Å²) in [5, 5.41) is 0. The monoisotopic (exact) mass is 352 g/mol. The Morgan fingerprint density at radius 1 is 1.21 bits per heavy atom. The lowest BCUT2D eigenvalue weighted by molar-refractivity contribution is 0.0980. The van der Waals surface area contributed by atoms with Crippen LogP contribution in [0.5, 0.6) is 0 Å². The molecule has 2 aromatic rings. The molecule has 0 atom stereocenters. The van der Waals surface area contributed by atoms with Crippen molar-refractivity contribution in [3.05, 3.63) is 58.2 Å². The molecule has 0 aliphatic carbocycles. The van der Waals surface area contributed by atoms with Crippen LogP contribution < -0.4 is 4.72 Å². The van der Waals surface area contributed by atoms with E-state index in [4.69, 9.17) is 0 Å². The highest BCUT2D eigenvalue weighted by Gasteiger charge is 2.21. The van der Waals surface area contributed by atoms with Gasteiger partial charge in [-0.3, -0.25) is 4.79 Å². The fourth-order valence-electron chi connectivity index (χ4n) is 2.78. The maximum absolute atomic E-state index is 13.1. The van der Waals surface area contributed by atoms with E-state index in [9.17, 15) is 17.6 Å². The van der Waals surface area contributed by atoms with E-state index < -0.39 is 21.7 Å². The van der Waals surface area contributed by atoms with Crippen LogP contribution in [0, 0.1) is 26.6 Å². The van der Waals surface area contributed by atoms with E-state index >= 15 is 0 Å². The number of carbonyl (C=O) groups excluding carboxylic acids is 1. The second-order valence-corrected chi connectivity index (χ2v) is 7.51. The molecule has 5 nitrogen and oxygen atoms in total. The molecule has 0 radical (unpaired) electrons. The molecule has 1 N–H and O–H groups in total. The number of hydrogen-bond donors (Lipinski definition) is 1. The third-order valence-electron chi connectivity index (χ3n) is 4.03. The SMILES string of the molecule is CCn1c(C)cc(C(=O)NS(=O)(=O)Cc2ccc(F)cc2C)c1C. The maximum atomic E-state index is 13.1. The highest BCUT2D eigenvalue weighted by atomic mass is 32.2. The largest absolute Gasteiger partial charge is 0.349 e. The molecule has 7 heteroatoms. The van der Waals surface area contributed by atoms with Crippen LogP contribution in [-0.4, -0.2) is 18.9 Å². The van der Waals surface area contributed by atoms with Crippen molar-refractivity contribution in [3.8, 4) is 0 Å². The quantitative estimate of drug-likeness (QED) is 0.900. The number of rotatable bonds is 5. The van der Waals surface area contributed by atoms with Crippen LogP contribution in [0.2, 0.25) is 0 Å². The van der Waals surface area contributed by atoms with Crippen molar-refractivity contribution in [3.63, 3.8) is 0 Å². The van der Waals surface area contributed by atoms with Gasteiger partial charge in [-0.1, -0.05) is 6.07 Å². The van der Waals surface area contributed by atoms with E-state index in [0.717, 1.165) is 11.4 Å². The fraction of sp³-hybridized carbons (Fsp3) is 0.353. The van der Waals surface area contributed by atoms with Gasteiger partial charge in [-0.25, -0.2) is 17.5 Å². The Morgan fingerprint density at radius 2 is 1.88 bits per heavy atom. The molecule has 0 aliphatic rings. The first-order valence-electron chi connectivity index (χ1n) is 7.61. The molecule has 0 aliphatic heterocycles. The number of halogens is 1.